The van der Waals surface area contributed by atoms with Gasteiger partial charge in [0, 0.05) is 44.5 Å². The highest BCUT2D eigenvalue weighted by Gasteiger charge is 2.38. The van der Waals surface area contributed by atoms with E-state index in [0.29, 0.717) is 49.1 Å². The Labute approximate surface area is 228 Å². The lowest BCUT2D eigenvalue weighted by molar-refractivity contribution is -0.126. The quantitative estimate of drug-likeness (QED) is 0.412. The third kappa shape index (κ3) is 6.28. The first-order valence-corrected chi connectivity index (χ1v) is 13.4. The lowest BCUT2D eigenvalue weighted by atomic mass is 9.84. The van der Waals surface area contributed by atoms with Gasteiger partial charge in [-0.1, -0.05) is 0 Å². The highest BCUT2D eigenvalue weighted by molar-refractivity contribution is 6.00. The van der Waals surface area contributed by atoms with Gasteiger partial charge in [-0.25, -0.2) is 22.5 Å². The number of amides is 2. The summed E-state index contributed by atoms with van der Waals surface area (Å²) in [6.07, 6.45) is 3.68. The van der Waals surface area contributed by atoms with Gasteiger partial charge in [0.1, 0.15) is 11.6 Å². The van der Waals surface area contributed by atoms with Crippen LogP contribution in [0.4, 0.5) is 17.6 Å². The van der Waals surface area contributed by atoms with Crippen molar-refractivity contribution in [3.05, 3.63) is 71.8 Å². The summed E-state index contributed by atoms with van der Waals surface area (Å²) in [5.41, 5.74) is 1.41. The van der Waals surface area contributed by atoms with E-state index in [0.717, 1.165) is 6.07 Å². The van der Waals surface area contributed by atoms with Crippen LogP contribution in [0.2, 0.25) is 0 Å². The van der Waals surface area contributed by atoms with Crippen molar-refractivity contribution >= 4 is 17.3 Å². The average molecular weight is 562 g/mol. The molecule has 3 atom stereocenters. The van der Waals surface area contributed by atoms with E-state index in [1.807, 2.05) is 0 Å². The smallest absolute Gasteiger partial charge is 0.256 e. The molecule has 0 spiro atoms. The van der Waals surface area contributed by atoms with Crippen molar-refractivity contribution in [2.75, 3.05) is 32.8 Å². The number of carbonyl (C=O) groups excluding carboxylic acids is 2. The highest BCUT2D eigenvalue weighted by atomic mass is 19.3. The second-order valence-electron chi connectivity index (χ2n) is 10.3. The van der Waals surface area contributed by atoms with Crippen LogP contribution >= 0.6 is 0 Å². The molecule has 2 N–H and O–H groups in total. The molecule has 0 radical (unpaired) electrons. The standard InChI is InChI=1S/C28H31F4N5O3/c29-19-10-18(11-20(30)12-19)21-3-7-36(28(39)22-2-1-6-37-16-33-13-24(22)37)15-23(21)35-27(38)26(34-14-25(31)32)17-4-8-40-9-5-17/h1-2,6,10-13,16-17,21,23,25-26,34H,3-5,7-9,14-15H2,(H,35,38)/t21-,23+,26-/m0/s1. The van der Waals surface area contributed by atoms with Crippen LogP contribution in [0, 0.1) is 17.6 Å². The largest absolute Gasteiger partial charge is 0.381 e. The number of pyridine rings is 1. The van der Waals surface area contributed by atoms with E-state index in [9.17, 15) is 27.2 Å². The molecule has 2 amide bonds. The van der Waals surface area contributed by atoms with E-state index in [2.05, 4.69) is 15.6 Å². The molecule has 2 aliphatic rings. The van der Waals surface area contributed by atoms with Crippen molar-refractivity contribution in [1.82, 2.24) is 24.9 Å². The maximum Gasteiger partial charge on any atom is 0.256 e. The fourth-order valence-corrected chi connectivity index (χ4v) is 5.78. The molecule has 8 nitrogen and oxygen atoms in total. The molecule has 0 bridgehead atoms. The number of fused-ring (bicyclic) bond motifs is 1. The number of ether oxygens (including phenoxy) is 1. The first-order valence-electron chi connectivity index (χ1n) is 13.4. The van der Waals surface area contributed by atoms with Gasteiger partial charge in [-0.2, -0.15) is 0 Å². The number of rotatable bonds is 8. The molecule has 2 fully saturated rings. The van der Waals surface area contributed by atoms with Gasteiger partial charge >= 0.3 is 0 Å². The lowest BCUT2D eigenvalue weighted by Gasteiger charge is -2.40. The van der Waals surface area contributed by atoms with E-state index >= 15 is 0 Å². The summed E-state index contributed by atoms with van der Waals surface area (Å²) < 4.78 is 61.6. The second kappa shape index (κ2) is 12.3. The predicted molar refractivity (Wildman–Crippen MR) is 138 cm³/mol. The van der Waals surface area contributed by atoms with E-state index in [1.54, 1.807) is 40.2 Å². The Bertz CT molecular complexity index is 1330. The van der Waals surface area contributed by atoms with Crippen LogP contribution in [0.25, 0.3) is 5.52 Å². The van der Waals surface area contributed by atoms with Crippen molar-refractivity contribution in [3.8, 4) is 0 Å². The molecule has 2 aromatic heterocycles. The van der Waals surface area contributed by atoms with E-state index in [1.165, 1.54) is 12.1 Å². The number of benzene rings is 1. The fraction of sp³-hybridized carbons (Fsp3) is 0.464. The molecule has 5 rings (SSSR count). The number of piperidine rings is 1. The van der Waals surface area contributed by atoms with Gasteiger partial charge in [-0.15, -0.1) is 0 Å². The Morgan fingerprint density at radius 3 is 2.58 bits per heavy atom. The number of alkyl halides is 2. The topological polar surface area (TPSA) is 88.0 Å². The Balaban J connectivity index is 1.41. The molecule has 0 aliphatic carbocycles. The number of aromatic nitrogens is 2. The summed E-state index contributed by atoms with van der Waals surface area (Å²) in [5, 5.41) is 5.65. The molecule has 40 heavy (non-hydrogen) atoms. The number of halogens is 4. The van der Waals surface area contributed by atoms with Crippen molar-refractivity contribution in [3.63, 3.8) is 0 Å². The minimum absolute atomic E-state index is 0.0674. The third-order valence-corrected chi connectivity index (χ3v) is 7.73. The van der Waals surface area contributed by atoms with Gasteiger partial charge in [0.2, 0.25) is 5.91 Å². The predicted octanol–water partition coefficient (Wildman–Crippen LogP) is 3.38. The van der Waals surface area contributed by atoms with E-state index in [-0.39, 0.29) is 24.9 Å². The monoisotopic (exact) mass is 561 g/mol. The van der Waals surface area contributed by atoms with Gasteiger partial charge in [0.25, 0.3) is 12.3 Å². The van der Waals surface area contributed by atoms with E-state index < -0.39 is 48.5 Å². The van der Waals surface area contributed by atoms with Crippen LogP contribution in [0.3, 0.4) is 0 Å². The van der Waals surface area contributed by atoms with Crippen LogP contribution < -0.4 is 10.6 Å². The number of imidazole rings is 1. The maximum atomic E-state index is 14.2. The van der Waals surface area contributed by atoms with Gasteiger partial charge < -0.3 is 24.7 Å². The van der Waals surface area contributed by atoms with Crippen molar-refractivity contribution < 1.29 is 31.9 Å². The van der Waals surface area contributed by atoms with Crippen LogP contribution in [-0.4, -0.2) is 77.5 Å². The van der Waals surface area contributed by atoms with Crippen LogP contribution in [0.15, 0.2) is 49.1 Å². The maximum absolute atomic E-state index is 14.2. The molecule has 2 saturated heterocycles. The molecule has 3 aromatic rings. The summed E-state index contributed by atoms with van der Waals surface area (Å²) >= 11 is 0. The summed E-state index contributed by atoms with van der Waals surface area (Å²) in [4.78, 5) is 32.9. The van der Waals surface area contributed by atoms with Crippen LogP contribution in [0.5, 0.6) is 0 Å². The Hall–Kier alpha value is -3.51. The number of nitrogens with one attached hydrogen (secondary N) is 2. The molecule has 214 valence electrons. The minimum Gasteiger partial charge on any atom is -0.381 e. The summed E-state index contributed by atoms with van der Waals surface area (Å²) in [5.74, 6) is -2.99. The van der Waals surface area contributed by atoms with Gasteiger partial charge in [0.05, 0.1) is 42.2 Å². The van der Waals surface area contributed by atoms with E-state index in [4.69, 9.17) is 4.74 Å². The fourth-order valence-electron chi connectivity index (χ4n) is 5.78. The normalized spacial score (nSPS) is 21.1. The van der Waals surface area contributed by atoms with Gasteiger partial charge in [-0.05, 0) is 55.0 Å². The van der Waals surface area contributed by atoms with Crippen LogP contribution in [0.1, 0.15) is 41.1 Å². The number of hydrogen-bond donors (Lipinski definition) is 2. The van der Waals surface area contributed by atoms with Gasteiger partial charge in [-0.3, -0.25) is 9.59 Å². The zero-order valence-electron chi connectivity index (χ0n) is 21.7. The Morgan fingerprint density at radius 1 is 1.10 bits per heavy atom. The number of carbonyl (C=O) groups is 2. The number of likely N-dealkylation sites (tertiary alicyclic amines) is 1. The first-order chi connectivity index (χ1) is 19.3. The third-order valence-electron chi connectivity index (χ3n) is 7.73. The van der Waals surface area contributed by atoms with Gasteiger partial charge in [0.15, 0.2) is 0 Å². The molecule has 0 saturated carbocycles. The molecule has 4 heterocycles. The highest BCUT2D eigenvalue weighted by Crippen LogP contribution is 2.31. The lowest BCUT2D eigenvalue weighted by Crippen LogP contribution is -2.58. The molecular formula is C28H31F4N5O3. The molecule has 12 heteroatoms. The number of hydrogen-bond acceptors (Lipinski definition) is 5. The van der Waals surface area contributed by atoms with Crippen molar-refractivity contribution in [2.24, 2.45) is 5.92 Å². The summed E-state index contributed by atoms with van der Waals surface area (Å²) in [6, 6.07) is 5.02. The number of nitrogens with zero attached hydrogens (tertiary/aromatic N) is 3. The second-order valence-corrected chi connectivity index (χ2v) is 10.3. The molecular weight excluding hydrogens is 530 g/mol. The Kier molecular flexibility index (Phi) is 8.65. The summed E-state index contributed by atoms with van der Waals surface area (Å²) in [6.45, 7) is 0.538. The molecule has 1 aromatic carbocycles. The molecule has 2 aliphatic heterocycles. The SMILES string of the molecule is O=C(N[C@@H]1CN(C(=O)c2cccn3cncc23)CC[C@H]1c1cc(F)cc(F)c1)[C@@H](NCC(F)F)C1CCOCC1. The molecule has 0 unspecified atom stereocenters. The Morgan fingerprint density at radius 2 is 1.85 bits per heavy atom. The van der Waals surface area contributed by atoms with Crippen molar-refractivity contribution in [1.29, 1.82) is 0 Å². The van der Waals surface area contributed by atoms with Crippen molar-refractivity contribution in [2.45, 2.75) is 43.7 Å². The zero-order chi connectivity index (χ0) is 28.2. The first kappa shape index (κ1) is 28.0. The van der Waals surface area contributed by atoms with Crippen LogP contribution in [-0.2, 0) is 9.53 Å². The average Bonchev–Trinajstić information content (AvgIpc) is 3.42. The zero-order valence-corrected chi connectivity index (χ0v) is 21.7. The minimum atomic E-state index is -2.65. The summed E-state index contributed by atoms with van der Waals surface area (Å²) in [7, 11) is 0.